The van der Waals surface area contributed by atoms with Crippen LogP contribution in [0.4, 0.5) is 0 Å². The second-order valence-electron chi connectivity index (χ2n) is 7.49. The SMILES string of the molecule is [OH2+]/C(=C\C(=C/C/C=C/c1c[nH]c2ccccc12)C1=CC=C(Br)CC=C1)c1ccc(Br)cc1. The fourth-order valence-electron chi connectivity index (χ4n) is 3.54. The maximum Gasteiger partial charge on any atom is 0.261 e. The summed E-state index contributed by atoms with van der Waals surface area (Å²) in [6, 6.07) is 16.2. The molecular weight excluding hydrogens is 526 g/mol. The van der Waals surface area contributed by atoms with E-state index in [1.807, 2.05) is 42.6 Å². The van der Waals surface area contributed by atoms with Crippen LogP contribution in [0, 0.1) is 0 Å². The molecule has 0 saturated carbocycles. The number of allylic oxidation sites excluding steroid dienone is 10. The van der Waals surface area contributed by atoms with Crippen LogP contribution in [0.3, 0.4) is 0 Å². The average Bonchev–Trinajstić information content (AvgIpc) is 3.09. The molecule has 0 saturated heterocycles. The molecule has 3 aromatic rings. The van der Waals surface area contributed by atoms with Crippen molar-refractivity contribution in [2.45, 2.75) is 12.8 Å². The summed E-state index contributed by atoms with van der Waals surface area (Å²) >= 11 is 7.05. The molecule has 1 aliphatic carbocycles. The van der Waals surface area contributed by atoms with E-state index in [1.165, 1.54) is 10.9 Å². The Balaban J connectivity index is 1.61. The molecular formula is C28H24Br2NO+. The van der Waals surface area contributed by atoms with E-state index < -0.39 is 0 Å². The number of aromatic nitrogens is 1. The maximum atomic E-state index is 8.62. The topological polar surface area (TPSA) is 38.7 Å². The smallest absolute Gasteiger partial charge is 0.261 e. The normalized spacial score (nSPS) is 15.2. The predicted octanol–water partition coefficient (Wildman–Crippen LogP) is 8.19. The van der Waals surface area contributed by atoms with Gasteiger partial charge in [-0.2, -0.15) is 0 Å². The molecule has 0 spiro atoms. The van der Waals surface area contributed by atoms with Crippen LogP contribution in [0.2, 0.25) is 0 Å². The first-order valence-corrected chi connectivity index (χ1v) is 12.0. The lowest BCUT2D eigenvalue weighted by Crippen LogP contribution is -1.88. The van der Waals surface area contributed by atoms with E-state index in [-0.39, 0.29) is 0 Å². The van der Waals surface area contributed by atoms with Crippen LogP contribution in [0.15, 0.2) is 117 Å². The average molecular weight is 550 g/mol. The molecule has 4 rings (SSSR count). The van der Waals surface area contributed by atoms with Crippen molar-refractivity contribution in [3.63, 3.8) is 0 Å². The molecule has 4 heteroatoms. The van der Waals surface area contributed by atoms with Gasteiger partial charge in [0, 0.05) is 27.6 Å². The van der Waals surface area contributed by atoms with Gasteiger partial charge in [-0.15, -0.1) is 0 Å². The van der Waals surface area contributed by atoms with E-state index in [9.17, 15) is 0 Å². The lowest BCUT2D eigenvalue weighted by Gasteiger charge is -2.04. The molecule has 1 aliphatic rings. The first-order chi connectivity index (χ1) is 15.6. The van der Waals surface area contributed by atoms with Gasteiger partial charge >= 0.3 is 0 Å². The molecule has 0 radical (unpaired) electrons. The second kappa shape index (κ2) is 10.7. The summed E-state index contributed by atoms with van der Waals surface area (Å²) in [6.07, 6.45) is 20.6. The maximum absolute atomic E-state index is 8.62. The van der Waals surface area contributed by atoms with Crippen molar-refractivity contribution in [2.75, 3.05) is 0 Å². The van der Waals surface area contributed by atoms with Crippen LogP contribution in [-0.4, -0.2) is 10.1 Å². The van der Waals surface area contributed by atoms with Crippen LogP contribution in [0.25, 0.3) is 22.7 Å². The number of para-hydroxylation sites is 1. The number of hydrogen-bond donors (Lipinski definition) is 1. The Hall–Kier alpha value is -2.82. The van der Waals surface area contributed by atoms with E-state index in [2.05, 4.69) is 97.6 Å². The number of fused-ring (bicyclic) bond motifs is 1. The molecule has 3 N–H and O–H groups in total. The fraction of sp³-hybridized carbons (Fsp3) is 0.0714. The highest BCUT2D eigenvalue weighted by atomic mass is 79.9. The Bertz CT molecular complexity index is 1280. The first-order valence-electron chi connectivity index (χ1n) is 10.5. The van der Waals surface area contributed by atoms with Gasteiger partial charge in [-0.25, -0.2) is 0 Å². The van der Waals surface area contributed by atoms with E-state index in [0.29, 0.717) is 5.76 Å². The number of nitrogens with one attached hydrogen (secondary N) is 1. The Morgan fingerprint density at radius 3 is 2.69 bits per heavy atom. The predicted molar refractivity (Wildman–Crippen MR) is 145 cm³/mol. The molecule has 1 aromatic heterocycles. The van der Waals surface area contributed by atoms with Gasteiger partial charge in [0.1, 0.15) is 0 Å². The van der Waals surface area contributed by atoms with E-state index in [0.717, 1.165) is 44.0 Å². The number of benzene rings is 2. The minimum absolute atomic E-state index is 0.492. The minimum atomic E-state index is 0.492. The third-order valence-electron chi connectivity index (χ3n) is 5.23. The molecule has 0 bridgehead atoms. The third-order valence-corrected chi connectivity index (χ3v) is 6.35. The molecule has 2 aromatic carbocycles. The highest BCUT2D eigenvalue weighted by molar-refractivity contribution is 9.11. The molecule has 32 heavy (non-hydrogen) atoms. The Labute approximate surface area is 205 Å². The van der Waals surface area contributed by atoms with Crippen molar-refractivity contribution >= 4 is 54.6 Å². The Morgan fingerprint density at radius 2 is 1.84 bits per heavy atom. The summed E-state index contributed by atoms with van der Waals surface area (Å²) in [7, 11) is 0. The second-order valence-corrected chi connectivity index (χ2v) is 9.43. The molecule has 0 aliphatic heterocycles. The van der Waals surface area contributed by atoms with Gasteiger partial charge < -0.3 is 10.1 Å². The third kappa shape index (κ3) is 5.70. The molecule has 1 heterocycles. The van der Waals surface area contributed by atoms with Crippen LogP contribution < -0.4 is 0 Å². The Kier molecular flexibility index (Phi) is 7.46. The molecule has 160 valence electrons. The summed E-state index contributed by atoms with van der Waals surface area (Å²) in [4.78, 5) is 3.32. The highest BCUT2D eigenvalue weighted by Gasteiger charge is 2.09. The lowest BCUT2D eigenvalue weighted by molar-refractivity contribution is 0.511. The number of aromatic amines is 1. The molecule has 0 amide bonds. The zero-order chi connectivity index (χ0) is 22.3. The molecule has 2 nitrogen and oxygen atoms in total. The van der Waals surface area contributed by atoms with Crippen molar-refractivity contribution in [1.29, 1.82) is 0 Å². The molecule has 0 fully saturated rings. The van der Waals surface area contributed by atoms with E-state index in [1.54, 1.807) is 0 Å². The van der Waals surface area contributed by atoms with Crippen molar-refractivity contribution in [3.8, 4) is 0 Å². The Morgan fingerprint density at radius 1 is 1.03 bits per heavy atom. The summed E-state index contributed by atoms with van der Waals surface area (Å²) in [6.45, 7) is 0. The zero-order valence-electron chi connectivity index (χ0n) is 17.5. The van der Waals surface area contributed by atoms with Crippen molar-refractivity contribution in [1.82, 2.24) is 4.98 Å². The van der Waals surface area contributed by atoms with Crippen LogP contribution in [0.1, 0.15) is 24.0 Å². The van der Waals surface area contributed by atoms with Gasteiger partial charge in [-0.3, -0.25) is 0 Å². The van der Waals surface area contributed by atoms with Gasteiger partial charge in [0.2, 0.25) is 0 Å². The summed E-state index contributed by atoms with van der Waals surface area (Å²) in [5, 5.41) is 9.84. The van der Waals surface area contributed by atoms with Gasteiger partial charge in [0.25, 0.3) is 5.76 Å². The first kappa shape index (κ1) is 22.4. The quantitative estimate of drug-likeness (QED) is 0.183. The zero-order valence-corrected chi connectivity index (χ0v) is 20.7. The van der Waals surface area contributed by atoms with Crippen LogP contribution in [0.5, 0.6) is 0 Å². The van der Waals surface area contributed by atoms with Gasteiger partial charge in [-0.1, -0.05) is 92.6 Å². The van der Waals surface area contributed by atoms with E-state index >= 15 is 0 Å². The van der Waals surface area contributed by atoms with Gasteiger partial charge in [0.05, 0.1) is 5.56 Å². The molecule has 0 unspecified atom stereocenters. The number of H-pyrrole nitrogens is 1. The fourth-order valence-corrected chi connectivity index (χ4v) is 4.13. The summed E-state index contributed by atoms with van der Waals surface area (Å²) in [5.74, 6) is 0.492. The molecule has 0 atom stereocenters. The lowest BCUT2D eigenvalue weighted by atomic mass is 10.0. The van der Waals surface area contributed by atoms with Crippen LogP contribution >= 0.6 is 31.9 Å². The van der Waals surface area contributed by atoms with Gasteiger partial charge in [-0.05, 0) is 64.4 Å². The van der Waals surface area contributed by atoms with Crippen LogP contribution in [-0.2, 0) is 0 Å². The highest BCUT2D eigenvalue weighted by Crippen LogP contribution is 2.25. The van der Waals surface area contributed by atoms with E-state index in [4.69, 9.17) is 5.11 Å². The number of halogens is 2. The van der Waals surface area contributed by atoms with Gasteiger partial charge in [0.15, 0.2) is 0 Å². The summed E-state index contributed by atoms with van der Waals surface area (Å²) in [5.41, 5.74) is 5.36. The number of hydrogen-bond acceptors (Lipinski definition) is 0. The van der Waals surface area contributed by atoms with Crippen molar-refractivity contribution in [3.05, 3.63) is 128 Å². The van der Waals surface area contributed by atoms with Crippen molar-refractivity contribution in [2.24, 2.45) is 0 Å². The minimum Gasteiger partial charge on any atom is -0.593 e. The van der Waals surface area contributed by atoms with Crippen molar-refractivity contribution < 1.29 is 5.11 Å². The summed E-state index contributed by atoms with van der Waals surface area (Å²) < 4.78 is 2.15. The monoisotopic (exact) mass is 548 g/mol. The largest absolute Gasteiger partial charge is 0.593 e. The standard InChI is InChI=1S/C28H23Br2NO/c29-24-9-5-8-20(12-15-24)22(18-28(32)21-13-16-25(30)17-14-21)6-1-2-7-23-19-31-27-11-4-3-10-26(23)27/h2-8,10-19,31-32H,1,9H2/p+1/b7-2+,22-6+,28-18-. The number of rotatable bonds is 6.